The number of benzene rings is 1. The normalized spacial score (nSPS) is 21.3. The Morgan fingerprint density at radius 3 is 3.15 bits per heavy atom. The smallest absolute Gasteiger partial charge is 0.255 e. The van der Waals surface area contributed by atoms with Crippen LogP contribution in [0, 0.1) is 0 Å². The molecule has 0 fully saturated rings. The predicted octanol–water partition coefficient (Wildman–Crippen LogP) is 2.61. The highest BCUT2D eigenvalue weighted by Gasteiger charge is 2.40. The Morgan fingerprint density at radius 1 is 1.40 bits per heavy atom. The van der Waals surface area contributed by atoms with E-state index in [4.69, 9.17) is 0 Å². The van der Waals surface area contributed by atoms with Gasteiger partial charge in [-0.25, -0.2) is 4.98 Å². The van der Waals surface area contributed by atoms with E-state index in [1.54, 1.807) is 31.0 Å². The second kappa shape index (κ2) is 4.07. The van der Waals surface area contributed by atoms with Crippen molar-refractivity contribution in [3.63, 3.8) is 0 Å². The van der Waals surface area contributed by atoms with Gasteiger partial charge in [0.15, 0.2) is 7.11 Å². The van der Waals surface area contributed by atoms with Gasteiger partial charge < -0.3 is 14.4 Å². The Kier molecular flexibility index (Phi) is 2.43. The van der Waals surface area contributed by atoms with E-state index in [0.717, 1.165) is 28.3 Å². The van der Waals surface area contributed by atoms with Crippen LogP contribution < -0.4 is 0 Å². The van der Waals surface area contributed by atoms with Gasteiger partial charge in [0.2, 0.25) is 0 Å². The maximum atomic E-state index is 11.1. The fourth-order valence-corrected chi connectivity index (χ4v) is 4.05. The van der Waals surface area contributed by atoms with E-state index in [9.17, 15) is 5.11 Å². The van der Waals surface area contributed by atoms with E-state index in [1.165, 1.54) is 4.70 Å². The van der Waals surface area contributed by atoms with Crippen LogP contribution in [0.25, 0.3) is 10.1 Å². The maximum absolute atomic E-state index is 11.1. The summed E-state index contributed by atoms with van der Waals surface area (Å²) in [7, 11) is 1.79. The van der Waals surface area contributed by atoms with Crippen molar-refractivity contribution in [2.24, 2.45) is 0 Å². The molecular weight excluding hydrogens is 272 g/mol. The first kappa shape index (κ1) is 11.9. The summed E-state index contributed by atoms with van der Waals surface area (Å²) in [5.74, 6) is 0.963. The molecule has 1 aliphatic rings. The zero-order valence-corrected chi connectivity index (χ0v) is 11.9. The molecule has 4 nitrogen and oxygen atoms in total. The highest BCUT2D eigenvalue weighted by molar-refractivity contribution is 7.19. The lowest BCUT2D eigenvalue weighted by Crippen LogP contribution is -2.22. The van der Waals surface area contributed by atoms with Crippen molar-refractivity contribution in [2.45, 2.75) is 18.6 Å². The molecule has 1 aromatic carbocycles. The highest BCUT2D eigenvalue weighted by atomic mass is 32.1. The quantitative estimate of drug-likeness (QED) is 0.737. The molecule has 4 rings (SSSR count). The zero-order valence-electron chi connectivity index (χ0n) is 11.1. The monoisotopic (exact) mass is 287 g/mol. The number of thiophene rings is 1. The van der Waals surface area contributed by atoms with Gasteiger partial charge in [0, 0.05) is 40.1 Å². The molecule has 102 valence electrons. The zero-order chi connectivity index (χ0) is 13.7. The average molecular weight is 287 g/mol. The van der Waals surface area contributed by atoms with E-state index < -0.39 is 5.60 Å². The number of aromatic hydroxyl groups is 1. The van der Waals surface area contributed by atoms with E-state index in [1.807, 2.05) is 10.6 Å². The van der Waals surface area contributed by atoms with Crippen LogP contribution in [0.2, 0.25) is 0 Å². The second-order valence-electron chi connectivity index (χ2n) is 5.14. The first-order valence-electron chi connectivity index (χ1n) is 6.57. The number of rotatable bonds is 2. The van der Waals surface area contributed by atoms with Crippen LogP contribution in [0.3, 0.4) is 0 Å². The molecule has 0 amide bonds. The molecule has 0 radical (unpaired) electrons. The van der Waals surface area contributed by atoms with Crippen molar-refractivity contribution in [2.75, 3.05) is 7.11 Å². The van der Waals surface area contributed by atoms with Gasteiger partial charge in [-0.1, -0.05) is 0 Å². The van der Waals surface area contributed by atoms with Gasteiger partial charge in [0.25, 0.3) is 5.75 Å². The summed E-state index contributed by atoms with van der Waals surface area (Å²) in [6, 6.07) is 8.22. The third kappa shape index (κ3) is 1.53. The number of hydrogen-bond donors (Lipinski definition) is 1. The van der Waals surface area contributed by atoms with Crippen molar-refractivity contribution in [1.82, 2.24) is 9.55 Å². The third-order valence-corrected chi connectivity index (χ3v) is 5.28. The largest absolute Gasteiger partial charge is 0.585 e. The number of nitrogens with zero attached hydrogens (tertiary/aromatic N) is 2. The van der Waals surface area contributed by atoms with Gasteiger partial charge in [-0.3, -0.25) is 0 Å². The van der Waals surface area contributed by atoms with E-state index in [2.05, 4.69) is 27.9 Å². The van der Waals surface area contributed by atoms with Gasteiger partial charge in [-0.05, 0) is 12.1 Å². The summed E-state index contributed by atoms with van der Waals surface area (Å²) in [4.78, 5) is 5.12. The van der Waals surface area contributed by atoms with E-state index in [-0.39, 0.29) is 0 Å². The lowest BCUT2D eigenvalue weighted by atomic mass is 9.97. The number of aromatic nitrogens is 2. The first-order chi connectivity index (χ1) is 9.70. The second-order valence-corrected chi connectivity index (χ2v) is 6.22. The molecule has 0 saturated carbocycles. The Hall–Kier alpha value is -1.85. The van der Waals surface area contributed by atoms with Crippen LogP contribution in [0.1, 0.15) is 17.0 Å². The van der Waals surface area contributed by atoms with Crippen LogP contribution in [0.15, 0.2) is 36.8 Å². The molecule has 1 unspecified atom stereocenters. The lowest BCUT2D eigenvalue weighted by Gasteiger charge is -2.19. The summed E-state index contributed by atoms with van der Waals surface area (Å²) in [5.41, 5.74) is -0.00608. The molecule has 3 aromatic rings. The molecular formula is C15H15N2O2S+. The fraction of sp³-hybridized carbons (Fsp3) is 0.267. The number of aliphatic hydroxyl groups is 2. The summed E-state index contributed by atoms with van der Waals surface area (Å²) >= 11 is 1.65. The summed E-state index contributed by atoms with van der Waals surface area (Å²) in [5, 5.41) is 12.2. The lowest BCUT2D eigenvalue weighted by molar-refractivity contribution is 0.0865. The number of hydrogen-bond acceptors (Lipinski definition) is 3. The third-order valence-electron chi connectivity index (χ3n) is 4.02. The topological polar surface area (TPSA) is 50.9 Å². The fourth-order valence-electron chi connectivity index (χ4n) is 2.88. The van der Waals surface area contributed by atoms with Crippen molar-refractivity contribution >= 4 is 21.4 Å². The molecule has 20 heavy (non-hydrogen) atoms. The first-order valence-corrected chi connectivity index (χ1v) is 7.39. The Morgan fingerprint density at radius 2 is 2.30 bits per heavy atom. The summed E-state index contributed by atoms with van der Waals surface area (Å²) < 4.78 is 7.40. The Balaban J connectivity index is 1.87. The van der Waals surface area contributed by atoms with Crippen molar-refractivity contribution in [3.8, 4) is 5.75 Å². The van der Waals surface area contributed by atoms with Crippen LogP contribution >= 0.6 is 11.3 Å². The number of imidazole rings is 1. The minimum absolute atomic E-state index is 0.711. The van der Waals surface area contributed by atoms with Crippen LogP contribution in [0.5, 0.6) is 5.75 Å². The van der Waals surface area contributed by atoms with Crippen LogP contribution in [-0.4, -0.2) is 26.5 Å². The minimum atomic E-state index is -0.899. The molecule has 0 bridgehead atoms. The standard InChI is InChI=1S/C15H14N2O2S/c1-19-11-2-3-12-10(6-11)7-14(20-12)15(18)4-5-17-9-16-8-13(15)17/h2-3,6-9,18H,4-5H2,1H3/p+1. The highest BCUT2D eigenvalue weighted by Crippen LogP contribution is 2.43. The van der Waals surface area contributed by atoms with E-state index >= 15 is 0 Å². The molecule has 1 aliphatic heterocycles. The summed E-state index contributed by atoms with van der Waals surface area (Å²) in [6.45, 7) is 0.815. The predicted molar refractivity (Wildman–Crippen MR) is 79.3 cm³/mol. The minimum Gasteiger partial charge on any atom is -0.585 e. The van der Waals surface area contributed by atoms with Crippen molar-refractivity contribution in [3.05, 3.63) is 47.4 Å². The van der Waals surface area contributed by atoms with Gasteiger partial charge in [0.05, 0.1) is 18.2 Å². The van der Waals surface area contributed by atoms with Crippen molar-refractivity contribution < 1.29 is 9.84 Å². The number of fused-ring (bicyclic) bond motifs is 2. The van der Waals surface area contributed by atoms with Crippen molar-refractivity contribution in [1.29, 1.82) is 0 Å². The SMILES string of the molecule is C[OH+]c1ccc2sc(C3(O)CCn4cncc43)cc2c1. The molecule has 2 N–H and O–H groups in total. The van der Waals surface area contributed by atoms with Gasteiger partial charge >= 0.3 is 0 Å². The Bertz CT molecular complexity index is 792. The molecule has 0 saturated heterocycles. The Labute approximate surface area is 120 Å². The molecule has 3 heterocycles. The molecule has 1 atom stereocenters. The maximum Gasteiger partial charge on any atom is 0.255 e. The molecule has 5 heteroatoms. The number of aryl methyl sites for hydroxylation is 1. The number of ether oxygens (including phenoxy) is 1. The van der Waals surface area contributed by atoms with Crippen LogP contribution in [0.4, 0.5) is 0 Å². The van der Waals surface area contributed by atoms with E-state index in [0.29, 0.717) is 6.42 Å². The summed E-state index contributed by atoms with van der Waals surface area (Å²) in [6.07, 6.45) is 4.27. The van der Waals surface area contributed by atoms with Gasteiger partial charge in [-0.15, -0.1) is 11.3 Å². The van der Waals surface area contributed by atoms with Gasteiger partial charge in [-0.2, -0.15) is 0 Å². The van der Waals surface area contributed by atoms with Crippen LogP contribution in [-0.2, 0) is 12.1 Å². The molecule has 2 aromatic heterocycles. The average Bonchev–Trinajstić information content (AvgIpc) is 3.14. The molecule has 0 spiro atoms. The van der Waals surface area contributed by atoms with Gasteiger partial charge in [0.1, 0.15) is 5.60 Å². The molecule has 0 aliphatic carbocycles.